The lowest BCUT2D eigenvalue weighted by atomic mass is 9.80. The molecule has 2 heterocycles. The molecule has 1 unspecified atom stereocenters. The average molecular weight is 404 g/mol. The summed E-state index contributed by atoms with van der Waals surface area (Å²) in [6.45, 7) is 4.65. The number of nitrogens with one attached hydrogen (secondary N) is 2. The molecule has 30 heavy (non-hydrogen) atoms. The number of hydrogen-bond acceptors (Lipinski definition) is 6. The standard InChI is InChI=1S/C24H24N2O4/c1-3-29-23(27)20-15(2)26-19-14-30-24(28)22(19)21(20)17-11-7-8-12-18(17)25-13-16-9-5-4-6-10-16/h4-12,21,25-26H,3,13-14H2,1-2H3. The highest BCUT2D eigenvalue weighted by molar-refractivity contribution is 6.01. The lowest BCUT2D eigenvalue weighted by Crippen LogP contribution is -2.30. The van der Waals surface area contributed by atoms with Crippen LogP contribution < -0.4 is 10.6 Å². The summed E-state index contributed by atoms with van der Waals surface area (Å²) in [5.74, 6) is -1.40. The van der Waals surface area contributed by atoms with Crippen LogP contribution in [0.1, 0.15) is 30.9 Å². The molecule has 0 radical (unpaired) electrons. The van der Waals surface area contributed by atoms with E-state index in [0.717, 1.165) is 16.8 Å². The van der Waals surface area contributed by atoms with Crippen LogP contribution in [0.4, 0.5) is 5.69 Å². The van der Waals surface area contributed by atoms with Gasteiger partial charge in [0.25, 0.3) is 0 Å². The van der Waals surface area contributed by atoms with Gasteiger partial charge >= 0.3 is 11.9 Å². The average Bonchev–Trinajstić information content (AvgIpc) is 3.12. The molecule has 2 aliphatic rings. The molecule has 0 fully saturated rings. The minimum Gasteiger partial charge on any atom is -0.463 e. The number of allylic oxidation sites excluding steroid dienone is 1. The summed E-state index contributed by atoms with van der Waals surface area (Å²) < 4.78 is 10.6. The summed E-state index contributed by atoms with van der Waals surface area (Å²) in [4.78, 5) is 25.5. The lowest BCUT2D eigenvalue weighted by molar-refractivity contribution is -0.138. The molecule has 0 saturated heterocycles. The number of dihydropyridines is 1. The largest absolute Gasteiger partial charge is 0.463 e. The molecule has 0 saturated carbocycles. The number of rotatable bonds is 6. The van der Waals surface area contributed by atoms with Crippen molar-refractivity contribution >= 4 is 17.6 Å². The lowest BCUT2D eigenvalue weighted by Gasteiger charge is -2.29. The number of para-hydroxylation sites is 1. The Morgan fingerprint density at radius 3 is 2.67 bits per heavy atom. The number of cyclic esters (lactones) is 1. The Hall–Kier alpha value is -3.54. The fourth-order valence-electron chi connectivity index (χ4n) is 3.96. The zero-order valence-corrected chi connectivity index (χ0v) is 17.0. The Labute approximate surface area is 175 Å². The van der Waals surface area contributed by atoms with Gasteiger partial charge in [0.05, 0.1) is 29.4 Å². The molecular weight excluding hydrogens is 380 g/mol. The van der Waals surface area contributed by atoms with Gasteiger partial charge < -0.3 is 20.1 Å². The quantitative estimate of drug-likeness (QED) is 0.716. The molecule has 0 spiro atoms. The van der Waals surface area contributed by atoms with E-state index in [1.807, 2.05) is 61.5 Å². The summed E-state index contributed by atoms with van der Waals surface area (Å²) in [5.41, 5.74) is 5.11. The maximum atomic E-state index is 12.9. The third kappa shape index (κ3) is 3.68. The van der Waals surface area contributed by atoms with Crippen LogP contribution >= 0.6 is 0 Å². The fourth-order valence-corrected chi connectivity index (χ4v) is 3.96. The first-order chi connectivity index (χ1) is 14.6. The summed E-state index contributed by atoms with van der Waals surface area (Å²) in [6, 6.07) is 17.8. The van der Waals surface area contributed by atoms with E-state index in [-0.39, 0.29) is 13.2 Å². The topological polar surface area (TPSA) is 76.7 Å². The Morgan fingerprint density at radius 1 is 1.17 bits per heavy atom. The minimum absolute atomic E-state index is 0.178. The summed E-state index contributed by atoms with van der Waals surface area (Å²) >= 11 is 0. The smallest absolute Gasteiger partial charge is 0.337 e. The Morgan fingerprint density at radius 2 is 1.90 bits per heavy atom. The second-order valence-electron chi connectivity index (χ2n) is 7.21. The normalized spacial score (nSPS) is 17.9. The van der Waals surface area contributed by atoms with Crippen molar-refractivity contribution in [2.75, 3.05) is 18.5 Å². The Kier molecular flexibility index (Phi) is 5.57. The highest BCUT2D eigenvalue weighted by Gasteiger charge is 2.42. The van der Waals surface area contributed by atoms with Crippen molar-refractivity contribution in [3.8, 4) is 0 Å². The van der Waals surface area contributed by atoms with Gasteiger partial charge in [-0.15, -0.1) is 0 Å². The monoisotopic (exact) mass is 404 g/mol. The van der Waals surface area contributed by atoms with Crippen LogP contribution in [0.2, 0.25) is 0 Å². The number of carbonyl (C=O) groups excluding carboxylic acids is 2. The Balaban J connectivity index is 1.76. The van der Waals surface area contributed by atoms with Crippen LogP contribution in [0, 0.1) is 0 Å². The van der Waals surface area contributed by atoms with Gasteiger partial charge in [0, 0.05) is 17.9 Å². The van der Waals surface area contributed by atoms with E-state index in [9.17, 15) is 9.59 Å². The van der Waals surface area contributed by atoms with E-state index in [1.54, 1.807) is 6.92 Å². The van der Waals surface area contributed by atoms with Gasteiger partial charge in [-0.25, -0.2) is 9.59 Å². The number of esters is 2. The molecule has 2 aromatic carbocycles. The van der Waals surface area contributed by atoms with Crippen LogP contribution in [0.5, 0.6) is 0 Å². The van der Waals surface area contributed by atoms with E-state index in [4.69, 9.17) is 9.47 Å². The van der Waals surface area contributed by atoms with Crippen LogP contribution in [0.3, 0.4) is 0 Å². The van der Waals surface area contributed by atoms with Crippen molar-refractivity contribution < 1.29 is 19.1 Å². The SMILES string of the molecule is CCOC(=O)C1=C(C)NC2=C(C(=O)OC2)C1c1ccccc1NCc1ccccc1. The van der Waals surface area contributed by atoms with E-state index in [1.165, 1.54) is 0 Å². The predicted octanol–water partition coefficient (Wildman–Crippen LogP) is 3.63. The van der Waals surface area contributed by atoms with Gasteiger partial charge in [-0.3, -0.25) is 0 Å². The molecule has 6 heteroatoms. The van der Waals surface area contributed by atoms with Crippen molar-refractivity contribution in [1.82, 2.24) is 5.32 Å². The van der Waals surface area contributed by atoms with Crippen molar-refractivity contribution in [1.29, 1.82) is 0 Å². The molecule has 0 aliphatic carbocycles. The first kappa shape index (κ1) is 19.8. The highest BCUT2D eigenvalue weighted by Crippen LogP contribution is 2.43. The molecule has 2 aromatic rings. The summed E-state index contributed by atoms with van der Waals surface area (Å²) in [5, 5.41) is 6.63. The number of ether oxygens (including phenoxy) is 2. The van der Waals surface area contributed by atoms with E-state index in [2.05, 4.69) is 10.6 Å². The van der Waals surface area contributed by atoms with Crippen molar-refractivity contribution in [3.63, 3.8) is 0 Å². The van der Waals surface area contributed by atoms with Gasteiger partial charge in [0.2, 0.25) is 0 Å². The number of carbonyl (C=O) groups is 2. The first-order valence-corrected chi connectivity index (χ1v) is 10.0. The van der Waals surface area contributed by atoms with Gasteiger partial charge in [-0.05, 0) is 31.0 Å². The minimum atomic E-state index is -0.560. The van der Waals surface area contributed by atoms with Crippen LogP contribution in [0.15, 0.2) is 77.1 Å². The molecule has 0 aromatic heterocycles. The molecule has 6 nitrogen and oxygen atoms in total. The summed E-state index contributed by atoms with van der Waals surface area (Å²) in [6.07, 6.45) is 0. The van der Waals surface area contributed by atoms with E-state index < -0.39 is 17.9 Å². The van der Waals surface area contributed by atoms with Crippen molar-refractivity contribution in [3.05, 3.63) is 88.3 Å². The highest BCUT2D eigenvalue weighted by atomic mass is 16.5. The zero-order chi connectivity index (χ0) is 21.1. The maximum absolute atomic E-state index is 12.9. The third-order valence-corrected chi connectivity index (χ3v) is 5.31. The van der Waals surface area contributed by atoms with Gasteiger partial charge in [0.1, 0.15) is 6.61 Å². The summed E-state index contributed by atoms with van der Waals surface area (Å²) in [7, 11) is 0. The second-order valence-corrected chi connectivity index (χ2v) is 7.21. The Bertz CT molecular complexity index is 1040. The first-order valence-electron chi connectivity index (χ1n) is 10.0. The number of hydrogen-bond donors (Lipinski definition) is 2. The number of benzene rings is 2. The molecule has 2 N–H and O–H groups in total. The second kappa shape index (κ2) is 8.45. The van der Waals surface area contributed by atoms with Gasteiger partial charge in [-0.2, -0.15) is 0 Å². The third-order valence-electron chi connectivity index (χ3n) is 5.31. The molecule has 2 aliphatic heterocycles. The number of anilines is 1. The van der Waals surface area contributed by atoms with Gasteiger partial charge in [-0.1, -0.05) is 48.5 Å². The van der Waals surface area contributed by atoms with Gasteiger partial charge in [0.15, 0.2) is 0 Å². The predicted molar refractivity (Wildman–Crippen MR) is 113 cm³/mol. The molecule has 0 amide bonds. The van der Waals surface area contributed by atoms with E-state index >= 15 is 0 Å². The fraction of sp³-hybridized carbons (Fsp3) is 0.250. The van der Waals surface area contributed by atoms with Crippen LogP contribution in [-0.2, 0) is 25.6 Å². The zero-order valence-electron chi connectivity index (χ0n) is 17.0. The molecule has 0 bridgehead atoms. The molecule has 4 rings (SSSR count). The van der Waals surface area contributed by atoms with Crippen molar-refractivity contribution in [2.45, 2.75) is 26.3 Å². The molecule has 154 valence electrons. The molecule has 1 atom stereocenters. The van der Waals surface area contributed by atoms with Crippen molar-refractivity contribution in [2.24, 2.45) is 0 Å². The van der Waals surface area contributed by atoms with Crippen LogP contribution in [0.25, 0.3) is 0 Å². The molecular formula is C24H24N2O4. The van der Waals surface area contributed by atoms with E-state index in [0.29, 0.717) is 29.1 Å². The van der Waals surface area contributed by atoms with Crippen LogP contribution in [-0.4, -0.2) is 25.2 Å². The maximum Gasteiger partial charge on any atom is 0.337 e.